The van der Waals surface area contributed by atoms with Crippen molar-refractivity contribution in [3.63, 3.8) is 0 Å². The molecule has 3 N–H and O–H groups in total. The van der Waals surface area contributed by atoms with Gasteiger partial charge in [-0.2, -0.15) is 0 Å². The van der Waals surface area contributed by atoms with Crippen LogP contribution < -0.4 is 11.1 Å². The first-order valence-corrected chi connectivity index (χ1v) is 6.44. The maximum atomic E-state index is 13.7. The summed E-state index contributed by atoms with van der Waals surface area (Å²) in [7, 11) is 1.57. The van der Waals surface area contributed by atoms with Gasteiger partial charge in [-0.15, -0.1) is 0 Å². The van der Waals surface area contributed by atoms with Crippen molar-refractivity contribution in [1.82, 2.24) is 10.2 Å². The molecule has 2 amide bonds. The van der Waals surface area contributed by atoms with Crippen molar-refractivity contribution in [3.8, 4) is 0 Å². The molecule has 5 nitrogen and oxygen atoms in total. The van der Waals surface area contributed by atoms with Crippen LogP contribution in [-0.2, 0) is 4.79 Å². The molecule has 1 saturated heterocycles. The summed E-state index contributed by atoms with van der Waals surface area (Å²) in [4.78, 5) is 25.6. The minimum absolute atomic E-state index is 0.0499. The molecule has 0 aliphatic carbocycles. The van der Waals surface area contributed by atoms with Gasteiger partial charge in [-0.05, 0) is 31.5 Å². The molecule has 1 aromatic rings. The monoisotopic (exact) mass is 279 g/mol. The molecule has 0 spiro atoms. The average molecular weight is 279 g/mol. The van der Waals surface area contributed by atoms with Crippen LogP contribution in [0.5, 0.6) is 0 Å². The van der Waals surface area contributed by atoms with E-state index < -0.39 is 17.1 Å². The number of hydrogen-bond donors (Lipinski definition) is 2. The second-order valence-electron chi connectivity index (χ2n) is 5.36. The Kier molecular flexibility index (Phi) is 3.65. The third-order valence-electron chi connectivity index (χ3n) is 3.76. The van der Waals surface area contributed by atoms with Crippen LogP contribution in [0.25, 0.3) is 0 Å². The summed E-state index contributed by atoms with van der Waals surface area (Å²) in [5, 5.41) is 2.60. The van der Waals surface area contributed by atoms with Crippen molar-refractivity contribution in [2.24, 2.45) is 5.41 Å². The molecule has 0 radical (unpaired) electrons. The van der Waals surface area contributed by atoms with Gasteiger partial charge in [0, 0.05) is 25.8 Å². The first-order chi connectivity index (χ1) is 9.37. The van der Waals surface area contributed by atoms with Crippen LogP contribution in [-0.4, -0.2) is 36.9 Å². The molecule has 1 aliphatic rings. The molecule has 108 valence electrons. The van der Waals surface area contributed by atoms with Crippen LogP contribution in [0.4, 0.5) is 10.1 Å². The first kappa shape index (κ1) is 14.3. The Labute approximate surface area is 116 Å². The zero-order chi connectivity index (χ0) is 14.9. The number of hydrogen-bond acceptors (Lipinski definition) is 3. The maximum absolute atomic E-state index is 13.7. The number of likely N-dealkylation sites (tertiary alicyclic amines) is 1. The zero-order valence-corrected chi connectivity index (χ0v) is 11.6. The summed E-state index contributed by atoms with van der Waals surface area (Å²) in [5.74, 6) is -1.14. The maximum Gasteiger partial charge on any atom is 0.256 e. The quantitative estimate of drug-likeness (QED) is 0.793. The van der Waals surface area contributed by atoms with Crippen molar-refractivity contribution in [3.05, 3.63) is 29.6 Å². The van der Waals surface area contributed by atoms with Gasteiger partial charge < -0.3 is 16.0 Å². The van der Waals surface area contributed by atoms with E-state index in [9.17, 15) is 14.0 Å². The Balaban J connectivity index is 2.20. The third kappa shape index (κ3) is 2.45. The molecular weight excluding hydrogens is 261 g/mol. The van der Waals surface area contributed by atoms with Gasteiger partial charge in [-0.3, -0.25) is 9.59 Å². The van der Waals surface area contributed by atoms with E-state index in [0.29, 0.717) is 18.7 Å². The van der Waals surface area contributed by atoms with Crippen LogP contribution in [0.3, 0.4) is 0 Å². The van der Waals surface area contributed by atoms with Crippen molar-refractivity contribution in [2.75, 3.05) is 25.9 Å². The van der Waals surface area contributed by atoms with E-state index in [1.807, 2.05) is 0 Å². The lowest BCUT2D eigenvalue weighted by atomic mass is 9.89. The fraction of sp³-hybridized carbons (Fsp3) is 0.429. The highest BCUT2D eigenvalue weighted by molar-refractivity contribution is 5.96. The lowest BCUT2D eigenvalue weighted by Crippen LogP contribution is -2.40. The molecule has 0 aromatic heterocycles. The number of halogens is 1. The van der Waals surface area contributed by atoms with Gasteiger partial charge in [0.1, 0.15) is 5.82 Å². The Morgan fingerprint density at radius 2 is 2.15 bits per heavy atom. The minimum Gasteiger partial charge on any atom is -0.399 e. The number of nitrogen functional groups attached to an aromatic ring is 1. The first-order valence-electron chi connectivity index (χ1n) is 6.44. The van der Waals surface area contributed by atoms with E-state index in [1.165, 1.54) is 23.1 Å². The summed E-state index contributed by atoms with van der Waals surface area (Å²) in [5.41, 5.74) is 5.25. The smallest absolute Gasteiger partial charge is 0.256 e. The Morgan fingerprint density at radius 3 is 2.80 bits per heavy atom. The molecule has 2 rings (SSSR count). The fourth-order valence-electron chi connectivity index (χ4n) is 2.50. The Hall–Kier alpha value is -2.11. The van der Waals surface area contributed by atoms with Gasteiger partial charge in [0.05, 0.1) is 11.0 Å². The van der Waals surface area contributed by atoms with Gasteiger partial charge in [0.25, 0.3) is 5.91 Å². The number of benzene rings is 1. The number of amides is 2. The molecule has 1 aromatic carbocycles. The van der Waals surface area contributed by atoms with Gasteiger partial charge >= 0.3 is 0 Å². The standard InChI is InChI=1S/C14H18FN3O2/c1-14(13(20)17-2)5-6-18(8-14)12(19)10-7-9(16)3-4-11(10)15/h3-4,7H,5-6,8,16H2,1-2H3,(H,17,20). The minimum atomic E-state index is -0.624. The number of anilines is 1. The molecule has 1 heterocycles. The summed E-state index contributed by atoms with van der Waals surface area (Å²) in [6.45, 7) is 2.51. The molecule has 0 bridgehead atoms. The molecule has 20 heavy (non-hydrogen) atoms. The second-order valence-corrected chi connectivity index (χ2v) is 5.36. The second kappa shape index (κ2) is 5.11. The van der Waals surface area contributed by atoms with Crippen LogP contribution in [0.15, 0.2) is 18.2 Å². The Morgan fingerprint density at radius 1 is 1.45 bits per heavy atom. The third-order valence-corrected chi connectivity index (χ3v) is 3.76. The predicted octanol–water partition coefficient (Wildman–Crippen LogP) is 1.01. The van der Waals surface area contributed by atoms with Crippen molar-refractivity contribution < 1.29 is 14.0 Å². The molecule has 6 heteroatoms. The van der Waals surface area contributed by atoms with Crippen LogP contribution in [0.1, 0.15) is 23.7 Å². The lowest BCUT2D eigenvalue weighted by Gasteiger charge is -2.23. The molecule has 1 atom stereocenters. The topological polar surface area (TPSA) is 75.4 Å². The van der Waals surface area contributed by atoms with E-state index >= 15 is 0 Å². The number of carbonyl (C=O) groups excluding carboxylic acids is 2. The summed E-state index contributed by atoms with van der Waals surface area (Å²) in [6.07, 6.45) is 0.558. The summed E-state index contributed by atoms with van der Waals surface area (Å²) >= 11 is 0. The van der Waals surface area contributed by atoms with E-state index in [2.05, 4.69) is 5.32 Å². The highest BCUT2D eigenvalue weighted by Gasteiger charge is 2.41. The lowest BCUT2D eigenvalue weighted by molar-refractivity contribution is -0.128. The van der Waals surface area contributed by atoms with Crippen LogP contribution in [0.2, 0.25) is 0 Å². The zero-order valence-electron chi connectivity index (χ0n) is 11.6. The van der Waals surface area contributed by atoms with Crippen LogP contribution in [0, 0.1) is 11.2 Å². The number of nitrogens with two attached hydrogens (primary N) is 1. The van der Waals surface area contributed by atoms with Crippen molar-refractivity contribution in [2.45, 2.75) is 13.3 Å². The van der Waals surface area contributed by atoms with E-state index in [-0.39, 0.29) is 18.0 Å². The van der Waals surface area contributed by atoms with Gasteiger partial charge in [-0.25, -0.2) is 4.39 Å². The predicted molar refractivity (Wildman–Crippen MR) is 73.5 cm³/mol. The summed E-state index contributed by atoms with van der Waals surface area (Å²) < 4.78 is 13.7. The largest absolute Gasteiger partial charge is 0.399 e. The fourth-order valence-corrected chi connectivity index (χ4v) is 2.50. The number of carbonyl (C=O) groups is 2. The number of nitrogens with zero attached hydrogens (tertiary/aromatic N) is 1. The number of rotatable bonds is 2. The average Bonchev–Trinajstić information content (AvgIpc) is 2.83. The molecule has 1 fully saturated rings. The van der Waals surface area contributed by atoms with Crippen molar-refractivity contribution in [1.29, 1.82) is 0 Å². The SMILES string of the molecule is CNC(=O)C1(C)CCN(C(=O)c2cc(N)ccc2F)C1. The van der Waals surface area contributed by atoms with E-state index in [0.717, 1.165) is 0 Å². The van der Waals surface area contributed by atoms with Crippen molar-refractivity contribution >= 4 is 17.5 Å². The van der Waals surface area contributed by atoms with Gasteiger partial charge in [0.15, 0.2) is 0 Å². The normalized spacial score (nSPS) is 21.9. The number of nitrogens with one attached hydrogen (secondary N) is 1. The van der Waals surface area contributed by atoms with E-state index in [1.54, 1.807) is 14.0 Å². The molecule has 0 saturated carbocycles. The summed E-state index contributed by atoms with van der Waals surface area (Å²) in [6, 6.07) is 3.91. The highest BCUT2D eigenvalue weighted by Crippen LogP contribution is 2.31. The molecule has 1 aliphatic heterocycles. The molecular formula is C14H18FN3O2. The Bertz CT molecular complexity index is 561. The van der Waals surface area contributed by atoms with Crippen LogP contribution >= 0.6 is 0 Å². The highest BCUT2D eigenvalue weighted by atomic mass is 19.1. The van der Waals surface area contributed by atoms with Gasteiger partial charge in [0.2, 0.25) is 5.91 Å². The van der Waals surface area contributed by atoms with E-state index in [4.69, 9.17) is 5.73 Å². The van der Waals surface area contributed by atoms with Gasteiger partial charge in [-0.1, -0.05) is 0 Å². The molecule has 1 unspecified atom stereocenters.